The second-order valence-electron chi connectivity index (χ2n) is 4.34. The molecule has 112 valence electrons. The fourth-order valence-corrected chi connectivity index (χ4v) is 3.13. The molecule has 21 heavy (non-hydrogen) atoms. The van der Waals surface area contributed by atoms with Crippen LogP contribution in [0.5, 0.6) is 0 Å². The van der Waals surface area contributed by atoms with E-state index in [0.717, 1.165) is 12.1 Å². The van der Waals surface area contributed by atoms with Gasteiger partial charge in [0.1, 0.15) is 16.5 Å². The second kappa shape index (κ2) is 6.30. The summed E-state index contributed by atoms with van der Waals surface area (Å²) in [6, 6.07) is 9.53. The van der Waals surface area contributed by atoms with Gasteiger partial charge in [-0.15, -0.1) is 0 Å². The average molecular weight is 313 g/mol. The van der Waals surface area contributed by atoms with Gasteiger partial charge in [0.2, 0.25) is 10.0 Å². The van der Waals surface area contributed by atoms with Crippen molar-refractivity contribution in [1.82, 2.24) is 4.72 Å². The number of aliphatic hydroxyl groups is 1. The van der Waals surface area contributed by atoms with E-state index in [1.54, 1.807) is 30.3 Å². The smallest absolute Gasteiger partial charge is 0.244 e. The molecule has 0 saturated carbocycles. The lowest BCUT2D eigenvalue weighted by Gasteiger charge is -2.17. The van der Waals surface area contributed by atoms with Crippen LogP contribution in [0.25, 0.3) is 0 Å². The summed E-state index contributed by atoms with van der Waals surface area (Å²) < 4.78 is 53.1. The van der Waals surface area contributed by atoms with Crippen LogP contribution in [0, 0.1) is 11.6 Å². The Kier molecular flexibility index (Phi) is 4.66. The Bertz CT molecular complexity index is 720. The maximum absolute atomic E-state index is 13.6. The minimum Gasteiger partial charge on any atom is -0.394 e. The summed E-state index contributed by atoms with van der Waals surface area (Å²) in [5, 5.41) is 9.32. The van der Waals surface area contributed by atoms with E-state index in [4.69, 9.17) is 0 Å². The van der Waals surface area contributed by atoms with Crippen molar-refractivity contribution in [2.75, 3.05) is 6.61 Å². The Morgan fingerprint density at radius 2 is 1.76 bits per heavy atom. The van der Waals surface area contributed by atoms with Crippen molar-refractivity contribution in [3.63, 3.8) is 0 Å². The molecule has 0 heterocycles. The van der Waals surface area contributed by atoms with Gasteiger partial charge in [-0.05, 0) is 23.8 Å². The van der Waals surface area contributed by atoms with Crippen LogP contribution in [0.15, 0.2) is 53.4 Å². The van der Waals surface area contributed by atoms with E-state index in [2.05, 4.69) is 4.72 Å². The van der Waals surface area contributed by atoms with E-state index in [1.807, 2.05) is 0 Å². The zero-order valence-corrected chi connectivity index (χ0v) is 11.6. The Morgan fingerprint density at radius 1 is 1.10 bits per heavy atom. The monoisotopic (exact) mass is 313 g/mol. The van der Waals surface area contributed by atoms with Crippen LogP contribution in [0.1, 0.15) is 11.6 Å². The van der Waals surface area contributed by atoms with Crippen LogP contribution in [-0.2, 0) is 10.0 Å². The van der Waals surface area contributed by atoms with Crippen LogP contribution in [0.2, 0.25) is 0 Å². The largest absolute Gasteiger partial charge is 0.394 e. The predicted molar refractivity (Wildman–Crippen MR) is 72.9 cm³/mol. The molecule has 0 saturated heterocycles. The number of halogens is 2. The number of aliphatic hydroxyl groups excluding tert-OH is 1. The third-order valence-corrected chi connectivity index (χ3v) is 4.35. The minimum atomic E-state index is -4.30. The first-order valence-corrected chi connectivity index (χ1v) is 7.55. The van der Waals surface area contributed by atoms with Crippen LogP contribution in [0.4, 0.5) is 8.78 Å². The topological polar surface area (TPSA) is 66.4 Å². The highest BCUT2D eigenvalue weighted by atomic mass is 32.2. The third-order valence-electron chi connectivity index (χ3n) is 2.86. The normalized spacial score (nSPS) is 13.1. The van der Waals surface area contributed by atoms with Crippen LogP contribution in [0.3, 0.4) is 0 Å². The summed E-state index contributed by atoms with van der Waals surface area (Å²) in [6.07, 6.45) is 0. The zero-order chi connectivity index (χ0) is 15.5. The van der Waals surface area contributed by atoms with Gasteiger partial charge in [-0.1, -0.05) is 30.3 Å². The molecule has 0 aromatic heterocycles. The molecule has 0 radical (unpaired) electrons. The molecule has 0 bridgehead atoms. The fraction of sp³-hybridized carbons (Fsp3) is 0.143. The second-order valence-corrected chi connectivity index (χ2v) is 6.02. The molecule has 2 rings (SSSR count). The summed E-state index contributed by atoms with van der Waals surface area (Å²) >= 11 is 0. The molecule has 0 aliphatic heterocycles. The van der Waals surface area contributed by atoms with Crippen LogP contribution < -0.4 is 4.72 Å². The van der Waals surface area contributed by atoms with Gasteiger partial charge in [-0.3, -0.25) is 0 Å². The third kappa shape index (κ3) is 3.63. The van der Waals surface area contributed by atoms with Crippen molar-refractivity contribution in [2.45, 2.75) is 10.9 Å². The van der Waals surface area contributed by atoms with Crippen molar-refractivity contribution in [1.29, 1.82) is 0 Å². The number of hydrogen-bond donors (Lipinski definition) is 2. The van der Waals surface area contributed by atoms with Crippen molar-refractivity contribution < 1.29 is 22.3 Å². The Labute approximate surface area is 121 Å². The number of sulfonamides is 1. The quantitative estimate of drug-likeness (QED) is 0.887. The number of nitrogens with one attached hydrogen (secondary N) is 1. The molecule has 2 N–H and O–H groups in total. The Hall–Kier alpha value is -1.83. The Morgan fingerprint density at radius 3 is 2.38 bits per heavy atom. The highest BCUT2D eigenvalue weighted by Gasteiger charge is 2.24. The van der Waals surface area contributed by atoms with Gasteiger partial charge in [-0.25, -0.2) is 21.9 Å². The van der Waals surface area contributed by atoms with Gasteiger partial charge in [0.25, 0.3) is 0 Å². The molecule has 2 aromatic rings. The molecular formula is C14H13F2NO3S. The molecule has 0 spiro atoms. The summed E-state index contributed by atoms with van der Waals surface area (Å²) in [5.74, 6) is -1.93. The SMILES string of the molecule is O=S(=O)(N[C@H](CO)c1ccccc1)c1cc(F)ccc1F. The molecule has 0 unspecified atom stereocenters. The van der Waals surface area contributed by atoms with Crippen molar-refractivity contribution >= 4 is 10.0 Å². The highest BCUT2D eigenvalue weighted by Crippen LogP contribution is 2.20. The lowest BCUT2D eigenvalue weighted by Crippen LogP contribution is -2.31. The van der Waals surface area contributed by atoms with E-state index in [1.165, 1.54) is 0 Å². The van der Waals surface area contributed by atoms with E-state index in [0.29, 0.717) is 11.6 Å². The maximum Gasteiger partial charge on any atom is 0.244 e. The zero-order valence-electron chi connectivity index (χ0n) is 10.8. The molecular weight excluding hydrogens is 300 g/mol. The number of benzene rings is 2. The number of rotatable bonds is 5. The fourth-order valence-electron chi connectivity index (χ4n) is 1.83. The van der Waals surface area contributed by atoms with Gasteiger partial charge in [0, 0.05) is 0 Å². The molecule has 1 atom stereocenters. The van der Waals surface area contributed by atoms with E-state index in [9.17, 15) is 22.3 Å². The molecule has 7 heteroatoms. The highest BCUT2D eigenvalue weighted by molar-refractivity contribution is 7.89. The van der Waals surface area contributed by atoms with Crippen molar-refractivity contribution in [2.24, 2.45) is 0 Å². The summed E-state index contributed by atoms with van der Waals surface area (Å²) in [6.45, 7) is -0.514. The van der Waals surface area contributed by atoms with E-state index < -0.39 is 39.2 Å². The minimum absolute atomic E-state index is 0.514. The lowest BCUT2D eigenvalue weighted by molar-refractivity contribution is 0.258. The van der Waals surface area contributed by atoms with Crippen LogP contribution >= 0.6 is 0 Å². The van der Waals surface area contributed by atoms with Gasteiger partial charge in [0.05, 0.1) is 12.6 Å². The molecule has 0 fully saturated rings. The maximum atomic E-state index is 13.6. The van der Waals surface area contributed by atoms with Crippen molar-refractivity contribution in [3.8, 4) is 0 Å². The van der Waals surface area contributed by atoms with Gasteiger partial charge in [0.15, 0.2) is 0 Å². The lowest BCUT2D eigenvalue weighted by atomic mass is 10.1. The molecule has 0 aliphatic carbocycles. The molecule has 0 aliphatic rings. The first kappa shape index (κ1) is 15.6. The summed E-state index contributed by atoms with van der Waals surface area (Å²) in [5.41, 5.74) is 0.514. The van der Waals surface area contributed by atoms with Crippen molar-refractivity contribution in [3.05, 3.63) is 65.7 Å². The Balaban J connectivity index is 2.34. The first-order valence-electron chi connectivity index (χ1n) is 6.07. The predicted octanol–water partition coefficient (Wildman–Crippen LogP) is 1.98. The molecule has 2 aromatic carbocycles. The first-order chi connectivity index (χ1) is 9.94. The molecule has 4 nitrogen and oxygen atoms in total. The van der Waals surface area contributed by atoms with E-state index >= 15 is 0 Å². The standard InChI is InChI=1S/C14H13F2NO3S/c15-11-6-7-12(16)14(8-11)21(19,20)17-13(9-18)10-4-2-1-3-5-10/h1-8,13,17-18H,9H2/t13-/m1/s1. The van der Waals surface area contributed by atoms with E-state index in [-0.39, 0.29) is 0 Å². The van der Waals surface area contributed by atoms with Gasteiger partial charge in [-0.2, -0.15) is 0 Å². The average Bonchev–Trinajstić information content (AvgIpc) is 2.48. The van der Waals surface area contributed by atoms with Crippen LogP contribution in [-0.4, -0.2) is 20.1 Å². The summed E-state index contributed by atoms with van der Waals surface area (Å²) in [4.78, 5) is -0.795. The van der Waals surface area contributed by atoms with Gasteiger partial charge < -0.3 is 5.11 Å². The number of hydrogen-bond acceptors (Lipinski definition) is 3. The summed E-state index contributed by atoms with van der Waals surface area (Å²) in [7, 11) is -4.30. The molecule has 0 amide bonds. The van der Waals surface area contributed by atoms with Gasteiger partial charge >= 0.3 is 0 Å².